The Hall–Kier alpha value is -3.84. The summed E-state index contributed by atoms with van der Waals surface area (Å²) in [6.07, 6.45) is 0.645. The lowest BCUT2D eigenvalue weighted by Gasteiger charge is -2.35. The highest BCUT2D eigenvalue weighted by Crippen LogP contribution is 2.49. The predicted octanol–water partition coefficient (Wildman–Crippen LogP) is 3.29. The zero-order valence-electron chi connectivity index (χ0n) is 18.2. The Balaban J connectivity index is 1.88. The molecule has 2 amide bonds. The number of benzene rings is 3. The van der Waals surface area contributed by atoms with Crippen LogP contribution in [-0.4, -0.2) is 26.5 Å². The van der Waals surface area contributed by atoms with Gasteiger partial charge in [0.15, 0.2) is 0 Å². The Morgan fingerprint density at radius 1 is 1.06 bits per heavy atom. The number of aromatic nitrogens is 2. The van der Waals surface area contributed by atoms with Crippen molar-refractivity contribution in [1.29, 1.82) is 0 Å². The molecule has 3 aromatic carbocycles. The van der Waals surface area contributed by atoms with E-state index in [1.165, 1.54) is 0 Å². The molecule has 5 aromatic rings. The molecule has 2 unspecified atom stereocenters. The van der Waals surface area contributed by atoms with Crippen molar-refractivity contribution in [3.8, 4) is 0 Å². The molecule has 2 aliphatic rings. The van der Waals surface area contributed by atoms with E-state index in [1.54, 1.807) is 0 Å². The van der Waals surface area contributed by atoms with Gasteiger partial charge in [-0.2, -0.15) is 0 Å². The van der Waals surface area contributed by atoms with Gasteiger partial charge in [0.05, 0.1) is 29.2 Å². The van der Waals surface area contributed by atoms with E-state index in [2.05, 4.69) is 26.6 Å². The van der Waals surface area contributed by atoms with Gasteiger partial charge in [-0.15, -0.1) is 0 Å². The van der Waals surface area contributed by atoms with E-state index in [9.17, 15) is 9.59 Å². The van der Waals surface area contributed by atoms with Crippen LogP contribution in [0.3, 0.4) is 0 Å². The van der Waals surface area contributed by atoms with Gasteiger partial charge in [-0.25, -0.2) is 0 Å². The Kier molecular flexibility index (Phi) is 3.36. The smallest absolute Gasteiger partial charge is 0.252 e. The van der Waals surface area contributed by atoms with Crippen LogP contribution in [0.1, 0.15) is 35.3 Å². The first kappa shape index (κ1) is 18.7. The van der Waals surface area contributed by atoms with Crippen molar-refractivity contribution in [3.05, 3.63) is 59.7 Å². The van der Waals surface area contributed by atoms with Gasteiger partial charge < -0.3 is 25.9 Å². The monoisotopic (exact) mass is 437 g/mol. The first-order chi connectivity index (χ1) is 16.0. The zero-order chi connectivity index (χ0) is 22.6. The molecule has 4 heterocycles. The van der Waals surface area contributed by atoms with E-state index in [4.69, 9.17) is 11.5 Å². The first-order valence-electron chi connectivity index (χ1n) is 11.3. The predicted molar refractivity (Wildman–Crippen MR) is 129 cm³/mol. The van der Waals surface area contributed by atoms with Crippen LogP contribution in [0.2, 0.25) is 0 Å². The summed E-state index contributed by atoms with van der Waals surface area (Å²) in [5, 5.41) is 7.09. The second-order valence-corrected chi connectivity index (χ2v) is 9.30. The Morgan fingerprint density at radius 3 is 2.42 bits per heavy atom. The van der Waals surface area contributed by atoms with Crippen molar-refractivity contribution >= 4 is 55.4 Å². The molecular weight excluding hydrogens is 414 g/mol. The summed E-state index contributed by atoms with van der Waals surface area (Å²) in [5.74, 6) is -0.582. The maximum atomic E-state index is 13.2. The molecule has 0 spiro atoms. The summed E-state index contributed by atoms with van der Waals surface area (Å²) in [5.41, 5.74) is 17.3. The fraction of sp³-hybridized carbons (Fsp3) is 0.231. The summed E-state index contributed by atoms with van der Waals surface area (Å²) >= 11 is 0. The van der Waals surface area contributed by atoms with E-state index in [-0.39, 0.29) is 18.5 Å². The maximum absolute atomic E-state index is 13.2. The molecular formula is C26H23N5O2. The van der Waals surface area contributed by atoms with Gasteiger partial charge in [-0.05, 0) is 24.1 Å². The number of hydrogen-bond donors (Lipinski definition) is 3. The van der Waals surface area contributed by atoms with Crippen molar-refractivity contribution < 1.29 is 9.59 Å². The van der Waals surface area contributed by atoms with Gasteiger partial charge in [0, 0.05) is 39.1 Å². The number of rotatable bonds is 2. The van der Waals surface area contributed by atoms with Crippen LogP contribution in [0.5, 0.6) is 0 Å². The molecule has 164 valence electrons. The Labute approximate surface area is 188 Å². The zero-order valence-corrected chi connectivity index (χ0v) is 18.2. The maximum Gasteiger partial charge on any atom is 0.252 e. The van der Waals surface area contributed by atoms with Gasteiger partial charge >= 0.3 is 0 Å². The third-order valence-electron chi connectivity index (χ3n) is 7.78. The highest BCUT2D eigenvalue weighted by atomic mass is 16.2. The lowest BCUT2D eigenvalue weighted by Crippen LogP contribution is -2.59. The SMILES string of the molecule is CCC1n2c3ccccc3c3c4c(c5c6ccccc6n(c5c32)CC1(N)C(N)=O)C(=O)NC4. The number of nitrogens with one attached hydrogen (secondary N) is 1. The summed E-state index contributed by atoms with van der Waals surface area (Å²) in [4.78, 5) is 26.1. The molecule has 2 aliphatic heterocycles. The van der Waals surface area contributed by atoms with Crippen LogP contribution < -0.4 is 16.8 Å². The van der Waals surface area contributed by atoms with E-state index in [0.29, 0.717) is 13.0 Å². The quantitative estimate of drug-likeness (QED) is 0.394. The largest absolute Gasteiger partial charge is 0.368 e. The molecule has 2 atom stereocenters. The molecule has 33 heavy (non-hydrogen) atoms. The molecule has 0 fully saturated rings. The summed E-state index contributed by atoms with van der Waals surface area (Å²) in [7, 11) is 0. The number of carbonyl (C=O) groups is 2. The van der Waals surface area contributed by atoms with Gasteiger partial charge in [0.1, 0.15) is 5.54 Å². The molecule has 0 saturated carbocycles. The Morgan fingerprint density at radius 2 is 1.73 bits per heavy atom. The molecule has 0 saturated heterocycles. The fourth-order valence-electron chi connectivity index (χ4n) is 6.44. The Bertz CT molecular complexity index is 1710. The van der Waals surface area contributed by atoms with Crippen molar-refractivity contribution in [2.75, 3.05) is 0 Å². The second kappa shape index (κ2) is 5.94. The van der Waals surface area contributed by atoms with E-state index in [0.717, 1.165) is 54.7 Å². The van der Waals surface area contributed by atoms with Crippen molar-refractivity contribution in [2.45, 2.75) is 38.0 Å². The number of primary amides is 1. The third-order valence-corrected chi connectivity index (χ3v) is 7.78. The van der Waals surface area contributed by atoms with Crippen LogP contribution in [0.4, 0.5) is 0 Å². The van der Waals surface area contributed by atoms with E-state index >= 15 is 0 Å². The third kappa shape index (κ3) is 2.00. The molecule has 2 aromatic heterocycles. The van der Waals surface area contributed by atoms with Crippen LogP contribution in [0, 0.1) is 0 Å². The number of amides is 2. The highest BCUT2D eigenvalue weighted by molar-refractivity contribution is 6.31. The molecule has 7 heteroatoms. The van der Waals surface area contributed by atoms with Gasteiger partial charge in [-0.3, -0.25) is 9.59 Å². The minimum atomic E-state index is -1.30. The van der Waals surface area contributed by atoms with Crippen molar-refractivity contribution in [3.63, 3.8) is 0 Å². The summed E-state index contributed by atoms with van der Waals surface area (Å²) in [6, 6.07) is 15.9. The number of hydrogen-bond acceptors (Lipinski definition) is 3. The summed E-state index contributed by atoms with van der Waals surface area (Å²) in [6.45, 7) is 2.77. The molecule has 7 rings (SSSR count). The number of fused-ring (bicyclic) bond motifs is 9. The fourth-order valence-corrected chi connectivity index (χ4v) is 6.44. The molecule has 0 aliphatic carbocycles. The van der Waals surface area contributed by atoms with E-state index in [1.807, 2.05) is 43.3 Å². The van der Waals surface area contributed by atoms with Crippen LogP contribution in [0.15, 0.2) is 48.5 Å². The minimum Gasteiger partial charge on any atom is -0.368 e. The van der Waals surface area contributed by atoms with Gasteiger partial charge in [0.2, 0.25) is 5.91 Å². The van der Waals surface area contributed by atoms with Crippen molar-refractivity contribution in [1.82, 2.24) is 14.5 Å². The lowest BCUT2D eigenvalue weighted by atomic mass is 9.87. The van der Waals surface area contributed by atoms with Gasteiger partial charge in [0.25, 0.3) is 5.91 Å². The average molecular weight is 438 g/mol. The average Bonchev–Trinajstić information content (AvgIpc) is 3.43. The number of nitrogens with zero attached hydrogens (tertiary/aromatic N) is 2. The number of nitrogens with two attached hydrogens (primary N) is 2. The van der Waals surface area contributed by atoms with Crippen LogP contribution in [-0.2, 0) is 17.9 Å². The van der Waals surface area contributed by atoms with Gasteiger partial charge in [-0.1, -0.05) is 43.3 Å². The standard InChI is InChI=1S/C26H23N5O2/c1-2-18-26(28,25(27)33)12-30-16-9-5-3-7-13(16)20-21-15(11-29-24(21)32)19-14-8-4-6-10-17(14)31(18)23(19)22(20)30/h3-10,18H,2,11-12,28H2,1H3,(H2,27,33)(H,29,32). The highest BCUT2D eigenvalue weighted by Gasteiger charge is 2.46. The second-order valence-electron chi connectivity index (χ2n) is 9.30. The normalized spacial score (nSPS) is 21.9. The number of carbonyl (C=O) groups excluding carboxylic acids is 2. The molecule has 0 bridgehead atoms. The number of para-hydroxylation sites is 2. The molecule has 7 nitrogen and oxygen atoms in total. The minimum absolute atomic E-state index is 0.0585. The lowest BCUT2D eigenvalue weighted by molar-refractivity contribution is -0.125. The van der Waals surface area contributed by atoms with Crippen molar-refractivity contribution in [2.24, 2.45) is 11.5 Å². The first-order valence-corrected chi connectivity index (χ1v) is 11.3. The molecule has 5 N–H and O–H groups in total. The topological polar surface area (TPSA) is 108 Å². The molecule has 0 radical (unpaired) electrons. The van der Waals surface area contributed by atoms with E-state index < -0.39 is 11.4 Å². The van der Waals surface area contributed by atoms with Crippen LogP contribution in [0.25, 0.3) is 43.6 Å². The van der Waals surface area contributed by atoms with Crippen LogP contribution >= 0.6 is 0 Å². The summed E-state index contributed by atoms with van der Waals surface area (Å²) < 4.78 is 4.35.